The van der Waals surface area contributed by atoms with E-state index >= 15 is 0 Å². The van der Waals surface area contributed by atoms with Crippen LogP contribution in [-0.4, -0.2) is 14.7 Å². The van der Waals surface area contributed by atoms with E-state index in [1.54, 1.807) is 11.8 Å². The number of aliphatic hydroxyl groups is 1. The number of aromatic nitrogens is 2. The summed E-state index contributed by atoms with van der Waals surface area (Å²) in [5.41, 5.74) is 3.94. The van der Waals surface area contributed by atoms with Crippen molar-refractivity contribution in [3.63, 3.8) is 0 Å². The number of benzene rings is 2. The summed E-state index contributed by atoms with van der Waals surface area (Å²) >= 11 is 1.64. The second-order valence-electron chi connectivity index (χ2n) is 7.49. The Hall–Kier alpha value is -2.30. The van der Waals surface area contributed by atoms with E-state index in [0.29, 0.717) is 0 Å². The van der Waals surface area contributed by atoms with Crippen LogP contribution in [0, 0.1) is 5.41 Å². The third-order valence-corrected chi connectivity index (χ3v) is 5.92. The molecule has 1 aliphatic heterocycles. The van der Waals surface area contributed by atoms with Gasteiger partial charge in [0.1, 0.15) is 0 Å². The maximum Gasteiger partial charge on any atom is 0.176 e. The van der Waals surface area contributed by atoms with Gasteiger partial charge in [0, 0.05) is 11.1 Å². The molecule has 132 valence electrons. The van der Waals surface area contributed by atoms with E-state index < -0.39 is 6.23 Å². The Labute approximate surface area is 158 Å². The van der Waals surface area contributed by atoms with Crippen LogP contribution >= 0.6 is 11.8 Å². The fraction of sp³-hybridized carbons (Fsp3) is 0.227. The second-order valence-corrected chi connectivity index (χ2v) is 8.50. The molecule has 26 heavy (non-hydrogen) atoms. The van der Waals surface area contributed by atoms with Crippen molar-refractivity contribution in [2.24, 2.45) is 5.41 Å². The van der Waals surface area contributed by atoms with Crippen LogP contribution in [0.5, 0.6) is 0 Å². The smallest absolute Gasteiger partial charge is 0.176 e. The fourth-order valence-corrected chi connectivity index (χ4v) is 4.27. The van der Waals surface area contributed by atoms with Gasteiger partial charge in [0.05, 0.1) is 11.4 Å². The summed E-state index contributed by atoms with van der Waals surface area (Å²) in [6, 6.07) is 20.3. The van der Waals surface area contributed by atoms with Gasteiger partial charge in [-0.3, -0.25) is 4.57 Å². The molecule has 0 bridgehead atoms. The minimum absolute atomic E-state index is 0.0251. The molecule has 1 aromatic heterocycles. The number of thioether (sulfide) groups is 1. The highest BCUT2D eigenvalue weighted by molar-refractivity contribution is 8.03. The number of hydrogen-bond donors (Lipinski definition) is 1. The van der Waals surface area contributed by atoms with E-state index in [-0.39, 0.29) is 5.41 Å². The van der Waals surface area contributed by atoms with Crippen LogP contribution in [0.1, 0.15) is 27.0 Å². The van der Waals surface area contributed by atoms with Gasteiger partial charge in [0.25, 0.3) is 0 Å². The van der Waals surface area contributed by atoms with Crippen molar-refractivity contribution < 1.29 is 5.11 Å². The van der Waals surface area contributed by atoms with Gasteiger partial charge in [0.15, 0.2) is 11.4 Å². The first-order chi connectivity index (χ1) is 12.4. The molecule has 0 spiro atoms. The molecule has 0 aliphatic carbocycles. The third kappa shape index (κ3) is 3.00. The highest BCUT2D eigenvalue weighted by Gasteiger charge is 2.31. The highest BCUT2D eigenvalue weighted by atomic mass is 32.2. The summed E-state index contributed by atoms with van der Waals surface area (Å²) in [4.78, 5) is 6.08. The SMILES string of the molecule is CC(C)(C)C1=CC(O)n2c(nc(-c3ccccc3)c2-c2ccccc2)S1. The van der Waals surface area contributed by atoms with Gasteiger partial charge in [0.2, 0.25) is 0 Å². The Morgan fingerprint density at radius 2 is 1.50 bits per heavy atom. The zero-order chi connectivity index (χ0) is 18.3. The minimum atomic E-state index is -0.722. The predicted octanol–water partition coefficient (Wildman–Crippen LogP) is 5.74. The topological polar surface area (TPSA) is 38.0 Å². The Bertz CT molecular complexity index is 953. The van der Waals surface area contributed by atoms with Crippen LogP contribution in [-0.2, 0) is 0 Å². The lowest BCUT2D eigenvalue weighted by Crippen LogP contribution is -2.17. The zero-order valence-corrected chi connectivity index (χ0v) is 16.0. The molecule has 1 unspecified atom stereocenters. The molecule has 1 atom stereocenters. The normalized spacial score (nSPS) is 16.9. The summed E-state index contributed by atoms with van der Waals surface area (Å²) in [5.74, 6) is 0. The molecule has 0 radical (unpaired) electrons. The first-order valence-electron chi connectivity index (χ1n) is 8.76. The number of imidazole rings is 1. The summed E-state index contributed by atoms with van der Waals surface area (Å²) < 4.78 is 1.94. The van der Waals surface area contributed by atoms with Gasteiger partial charge in [-0.1, -0.05) is 93.2 Å². The Morgan fingerprint density at radius 3 is 2.08 bits per heavy atom. The Balaban J connectivity index is 1.94. The monoisotopic (exact) mass is 362 g/mol. The van der Waals surface area contributed by atoms with E-state index in [1.165, 1.54) is 0 Å². The highest BCUT2D eigenvalue weighted by Crippen LogP contribution is 2.47. The molecule has 4 heteroatoms. The molecule has 1 N–H and O–H groups in total. The largest absolute Gasteiger partial charge is 0.369 e. The van der Waals surface area contributed by atoms with Gasteiger partial charge in [-0.25, -0.2) is 4.98 Å². The fourth-order valence-electron chi connectivity index (χ4n) is 3.14. The maximum atomic E-state index is 10.9. The summed E-state index contributed by atoms with van der Waals surface area (Å²) in [5, 5.41) is 11.8. The lowest BCUT2D eigenvalue weighted by Gasteiger charge is -2.28. The number of allylic oxidation sites excluding steroid dienone is 1. The molecule has 0 saturated carbocycles. The second kappa shape index (κ2) is 6.45. The van der Waals surface area contributed by atoms with Crippen molar-refractivity contribution in [3.05, 3.63) is 71.6 Å². The summed E-state index contributed by atoms with van der Waals surface area (Å²) in [7, 11) is 0. The number of fused-ring (bicyclic) bond motifs is 1. The Kier molecular flexibility index (Phi) is 4.25. The number of nitrogens with zero attached hydrogens (tertiary/aromatic N) is 2. The average Bonchev–Trinajstić information content (AvgIpc) is 3.02. The molecule has 3 aromatic rings. The van der Waals surface area contributed by atoms with Crippen molar-refractivity contribution in [1.82, 2.24) is 9.55 Å². The van der Waals surface area contributed by atoms with Crippen LogP contribution in [0.25, 0.3) is 22.5 Å². The predicted molar refractivity (Wildman–Crippen MR) is 108 cm³/mol. The van der Waals surface area contributed by atoms with Crippen LogP contribution in [0.3, 0.4) is 0 Å². The van der Waals surface area contributed by atoms with Crippen LogP contribution in [0.2, 0.25) is 0 Å². The molecular weight excluding hydrogens is 340 g/mol. The first-order valence-corrected chi connectivity index (χ1v) is 9.58. The van der Waals surface area contributed by atoms with E-state index in [0.717, 1.165) is 32.6 Å². The number of hydrogen-bond acceptors (Lipinski definition) is 3. The standard InChI is InChI=1S/C22H22N2OS/c1-22(2,3)17-14-18(25)24-20(16-12-8-5-9-13-16)19(23-21(24)26-17)15-10-6-4-7-11-15/h4-14,18,25H,1-3H3. The van der Waals surface area contributed by atoms with Crippen molar-refractivity contribution in [2.45, 2.75) is 32.2 Å². The maximum absolute atomic E-state index is 10.9. The van der Waals surface area contributed by atoms with Gasteiger partial charge in [-0.2, -0.15) is 0 Å². The molecule has 1 aliphatic rings. The molecule has 3 nitrogen and oxygen atoms in total. The van der Waals surface area contributed by atoms with Gasteiger partial charge < -0.3 is 5.11 Å². The molecule has 4 rings (SSSR count). The lowest BCUT2D eigenvalue weighted by molar-refractivity contribution is 0.143. The van der Waals surface area contributed by atoms with Crippen molar-refractivity contribution in [1.29, 1.82) is 0 Å². The first kappa shape index (κ1) is 17.1. The lowest BCUT2D eigenvalue weighted by atomic mass is 9.95. The molecule has 2 heterocycles. The van der Waals surface area contributed by atoms with Crippen LogP contribution in [0.4, 0.5) is 0 Å². The molecule has 0 fully saturated rings. The van der Waals surface area contributed by atoms with Crippen LogP contribution < -0.4 is 0 Å². The van der Waals surface area contributed by atoms with Gasteiger partial charge in [-0.15, -0.1) is 0 Å². The van der Waals surface area contributed by atoms with Crippen LogP contribution in [0.15, 0.2) is 76.8 Å². The zero-order valence-electron chi connectivity index (χ0n) is 15.2. The van der Waals surface area contributed by atoms with E-state index in [9.17, 15) is 5.11 Å². The number of rotatable bonds is 2. The molecule has 0 amide bonds. The summed E-state index contributed by atoms with van der Waals surface area (Å²) in [6.45, 7) is 6.48. The molecular formula is C22H22N2OS. The van der Waals surface area contributed by atoms with Crippen molar-refractivity contribution in [2.75, 3.05) is 0 Å². The van der Waals surface area contributed by atoms with Crippen molar-refractivity contribution in [3.8, 4) is 22.5 Å². The Morgan fingerprint density at radius 1 is 0.923 bits per heavy atom. The van der Waals surface area contributed by atoms with E-state index in [1.807, 2.05) is 47.0 Å². The average molecular weight is 362 g/mol. The quantitative estimate of drug-likeness (QED) is 0.631. The van der Waals surface area contributed by atoms with Gasteiger partial charge >= 0.3 is 0 Å². The van der Waals surface area contributed by atoms with E-state index in [2.05, 4.69) is 45.0 Å². The number of aliphatic hydroxyl groups excluding tert-OH is 1. The summed E-state index contributed by atoms with van der Waals surface area (Å²) in [6.07, 6.45) is 1.22. The van der Waals surface area contributed by atoms with E-state index in [4.69, 9.17) is 4.98 Å². The van der Waals surface area contributed by atoms with Crippen molar-refractivity contribution >= 4 is 11.8 Å². The third-order valence-electron chi connectivity index (χ3n) is 4.48. The molecule has 0 saturated heterocycles. The molecule has 2 aromatic carbocycles. The van der Waals surface area contributed by atoms with Gasteiger partial charge in [-0.05, 0) is 16.4 Å². The minimum Gasteiger partial charge on any atom is -0.369 e.